The number of rotatable bonds is 7. The van der Waals surface area contributed by atoms with Gasteiger partial charge in [0.25, 0.3) is 11.8 Å². The topological polar surface area (TPSA) is 55.8 Å². The van der Waals surface area contributed by atoms with E-state index in [-0.39, 0.29) is 11.8 Å². The van der Waals surface area contributed by atoms with Gasteiger partial charge in [-0.3, -0.25) is 14.5 Å². The monoisotopic (exact) mass is 413 g/mol. The minimum Gasteiger partial charge on any atom is -0.497 e. The Balaban J connectivity index is 1.65. The number of imide groups is 1. The summed E-state index contributed by atoms with van der Waals surface area (Å²) in [5.41, 5.74) is 2.86. The van der Waals surface area contributed by atoms with Gasteiger partial charge in [0.05, 0.1) is 31.4 Å². The van der Waals surface area contributed by atoms with E-state index in [0.29, 0.717) is 17.5 Å². The van der Waals surface area contributed by atoms with Crippen LogP contribution in [-0.4, -0.2) is 37.0 Å². The Morgan fingerprint density at radius 3 is 1.81 bits per heavy atom. The number of hydrogen-bond donors (Lipinski definition) is 0. The lowest BCUT2D eigenvalue weighted by Crippen LogP contribution is -2.40. The first kappa shape index (κ1) is 20.4. The highest BCUT2D eigenvalue weighted by atomic mass is 16.5. The predicted molar refractivity (Wildman–Crippen MR) is 119 cm³/mol. The van der Waals surface area contributed by atoms with Crippen LogP contribution >= 0.6 is 0 Å². The second-order valence-corrected chi connectivity index (χ2v) is 7.28. The van der Waals surface area contributed by atoms with Crippen LogP contribution in [0.2, 0.25) is 0 Å². The molecule has 3 aromatic rings. The molecular formula is C26H23NO4. The van der Waals surface area contributed by atoms with E-state index in [1.807, 2.05) is 60.7 Å². The maximum Gasteiger partial charge on any atom is 0.262 e. The molecule has 0 saturated carbocycles. The summed E-state index contributed by atoms with van der Waals surface area (Å²) in [5, 5.41) is 0. The molecule has 0 aliphatic carbocycles. The van der Waals surface area contributed by atoms with E-state index in [2.05, 4.69) is 0 Å². The number of ether oxygens (including phenoxy) is 2. The fourth-order valence-electron chi connectivity index (χ4n) is 3.69. The molecule has 5 nitrogen and oxygen atoms in total. The number of benzene rings is 3. The third-order valence-electron chi connectivity index (χ3n) is 5.39. The lowest BCUT2D eigenvalue weighted by Gasteiger charge is -2.24. The van der Waals surface area contributed by atoms with Crippen molar-refractivity contribution in [3.63, 3.8) is 0 Å². The summed E-state index contributed by atoms with van der Waals surface area (Å²) in [6.07, 6.45) is 4.34. The van der Waals surface area contributed by atoms with E-state index in [1.165, 1.54) is 4.90 Å². The van der Waals surface area contributed by atoms with E-state index < -0.39 is 6.04 Å². The van der Waals surface area contributed by atoms with Crippen molar-refractivity contribution in [3.8, 4) is 11.5 Å². The van der Waals surface area contributed by atoms with Gasteiger partial charge in [0.1, 0.15) is 11.5 Å². The molecule has 0 bridgehead atoms. The fourth-order valence-corrected chi connectivity index (χ4v) is 3.69. The number of fused-ring (bicyclic) bond motifs is 1. The van der Waals surface area contributed by atoms with Crippen molar-refractivity contribution < 1.29 is 19.1 Å². The largest absolute Gasteiger partial charge is 0.497 e. The Labute approximate surface area is 181 Å². The molecule has 1 atom stereocenters. The lowest BCUT2D eigenvalue weighted by atomic mass is 10.0. The summed E-state index contributed by atoms with van der Waals surface area (Å²) in [4.78, 5) is 27.5. The average Bonchev–Trinajstić information content (AvgIpc) is 3.07. The smallest absolute Gasteiger partial charge is 0.262 e. The third kappa shape index (κ3) is 4.21. The zero-order valence-corrected chi connectivity index (χ0v) is 17.4. The minimum atomic E-state index is -0.428. The standard InChI is InChI=1S/C26H23NO4/c1-30-21-13-8-18(9-14-21)7-12-20(17-19-10-15-22(31-2)16-11-19)27-25(28)23-5-3-4-6-24(23)26(27)29/h3-16,20H,17H2,1-2H3/b12-7+. The molecule has 0 radical (unpaired) electrons. The number of carbonyl (C=O) groups excluding carboxylic acids is 2. The summed E-state index contributed by atoms with van der Waals surface area (Å²) in [5.74, 6) is 0.999. The maximum atomic E-state index is 13.1. The average molecular weight is 413 g/mol. The van der Waals surface area contributed by atoms with Crippen molar-refractivity contribution in [3.05, 3.63) is 101 Å². The van der Waals surface area contributed by atoms with Crippen LogP contribution in [0.5, 0.6) is 11.5 Å². The fraction of sp³-hybridized carbons (Fsp3) is 0.154. The van der Waals surface area contributed by atoms with Crippen molar-refractivity contribution in [2.75, 3.05) is 14.2 Å². The first-order chi connectivity index (χ1) is 15.1. The summed E-state index contributed by atoms with van der Waals surface area (Å²) in [6.45, 7) is 0. The van der Waals surface area contributed by atoms with Gasteiger partial charge in [-0.1, -0.05) is 48.6 Å². The predicted octanol–water partition coefficient (Wildman–Crippen LogP) is 4.62. The molecule has 5 heteroatoms. The van der Waals surface area contributed by atoms with Gasteiger partial charge in [-0.2, -0.15) is 0 Å². The van der Waals surface area contributed by atoms with E-state index in [1.54, 1.807) is 38.5 Å². The van der Waals surface area contributed by atoms with E-state index in [0.717, 1.165) is 22.6 Å². The molecule has 0 spiro atoms. The molecule has 0 fully saturated rings. The molecule has 1 aliphatic heterocycles. The summed E-state index contributed by atoms with van der Waals surface area (Å²) >= 11 is 0. The van der Waals surface area contributed by atoms with Gasteiger partial charge < -0.3 is 9.47 Å². The second kappa shape index (κ2) is 8.88. The van der Waals surface area contributed by atoms with Gasteiger partial charge in [-0.25, -0.2) is 0 Å². The van der Waals surface area contributed by atoms with Gasteiger partial charge >= 0.3 is 0 Å². The Morgan fingerprint density at radius 1 is 0.774 bits per heavy atom. The highest BCUT2D eigenvalue weighted by molar-refractivity contribution is 6.21. The summed E-state index contributed by atoms with van der Waals surface area (Å²) in [6, 6.07) is 21.8. The molecule has 4 rings (SSSR count). The van der Waals surface area contributed by atoms with Crippen molar-refractivity contribution in [2.45, 2.75) is 12.5 Å². The highest BCUT2D eigenvalue weighted by Crippen LogP contribution is 2.27. The van der Waals surface area contributed by atoms with Gasteiger partial charge in [0.15, 0.2) is 0 Å². The number of methoxy groups -OCH3 is 2. The van der Waals surface area contributed by atoms with Crippen LogP contribution < -0.4 is 9.47 Å². The van der Waals surface area contributed by atoms with Gasteiger partial charge in [0.2, 0.25) is 0 Å². The molecular weight excluding hydrogens is 390 g/mol. The molecule has 0 N–H and O–H groups in total. The van der Waals surface area contributed by atoms with Crippen molar-refractivity contribution in [2.24, 2.45) is 0 Å². The number of nitrogens with zero attached hydrogens (tertiary/aromatic N) is 1. The van der Waals surface area contributed by atoms with Crippen molar-refractivity contribution >= 4 is 17.9 Å². The van der Waals surface area contributed by atoms with E-state index in [9.17, 15) is 9.59 Å². The molecule has 2 amide bonds. The van der Waals surface area contributed by atoms with Crippen molar-refractivity contribution in [1.29, 1.82) is 0 Å². The Kier molecular flexibility index (Phi) is 5.85. The molecule has 3 aromatic carbocycles. The van der Waals surface area contributed by atoms with Crippen LogP contribution in [0, 0.1) is 0 Å². The zero-order valence-electron chi connectivity index (χ0n) is 17.4. The lowest BCUT2D eigenvalue weighted by molar-refractivity contribution is 0.0615. The van der Waals surface area contributed by atoms with Crippen LogP contribution in [0.3, 0.4) is 0 Å². The SMILES string of the molecule is COc1ccc(/C=C/C(Cc2ccc(OC)cc2)N2C(=O)c3ccccc3C2=O)cc1. The Morgan fingerprint density at radius 2 is 1.29 bits per heavy atom. The summed E-state index contributed by atoms with van der Waals surface area (Å²) in [7, 11) is 3.24. The normalized spacial score (nSPS) is 14.1. The Hall–Kier alpha value is -3.86. The van der Waals surface area contributed by atoms with Crippen LogP contribution in [0.1, 0.15) is 31.8 Å². The third-order valence-corrected chi connectivity index (χ3v) is 5.39. The van der Waals surface area contributed by atoms with Crippen LogP contribution in [0.15, 0.2) is 78.9 Å². The molecule has 156 valence electrons. The second-order valence-electron chi connectivity index (χ2n) is 7.28. The van der Waals surface area contributed by atoms with Gasteiger partial charge in [-0.05, 0) is 53.9 Å². The Bertz CT molecular complexity index is 1080. The van der Waals surface area contributed by atoms with Crippen molar-refractivity contribution in [1.82, 2.24) is 4.90 Å². The highest BCUT2D eigenvalue weighted by Gasteiger charge is 2.38. The molecule has 0 saturated heterocycles. The quantitative estimate of drug-likeness (QED) is 0.530. The molecule has 1 aliphatic rings. The first-order valence-electron chi connectivity index (χ1n) is 10.0. The number of carbonyl (C=O) groups is 2. The van der Waals surface area contributed by atoms with Gasteiger partial charge in [0, 0.05) is 0 Å². The molecule has 1 heterocycles. The number of amides is 2. The number of hydrogen-bond acceptors (Lipinski definition) is 4. The van der Waals surface area contributed by atoms with Crippen LogP contribution in [0.25, 0.3) is 6.08 Å². The maximum absolute atomic E-state index is 13.1. The zero-order chi connectivity index (χ0) is 21.8. The molecule has 0 aromatic heterocycles. The van der Waals surface area contributed by atoms with Gasteiger partial charge in [-0.15, -0.1) is 0 Å². The first-order valence-corrected chi connectivity index (χ1v) is 10.0. The van der Waals surface area contributed by atoms with E-state index >= 15 is 0 Å². The molecule has 31 heavy (non-hydrogen) atoms. The van der Waals surface area contributed by atoms with E-state index in [4.69, 9.17) is 9.47 Å². The summed E-state index contributed by atoms with van der Waals surface area (Å²) < 4.78 is 10.4. The minimum absolute atomic E-state index is 0.265. The molecule has 1 unspecified atom stereocenters. The van der Waals surface area contributed by atoms with Crippen LogP contribution in [-0.2, 0) is 6.42 Å². The van der Waals surface area contributed by atoms with Crippen LogP contribution in [0.4, 0.5) is 0 Å².